The second kappa shape index (κ2) is 7.29. The summed E-state index contributed by atoms with van der Waals surface area (Å²) in [5.41, 5.74) is 5.10. The first-order chi connectivity index (χ1) is 13.9. The molecule has 0 bridgehead atoms. The first kappa shape index (κ1) is 19.1. The predicted octanol–water partition coefficient (Wildman–Crippen LogP) is 4.44. The normalized spacial score (nSPS) is 11.0. The summed E-state index contributed by atoms with van der Waals surface area (Å²) in [6.45, 7) is 5.71. The Labute approximate surface area is 174 Å². The van der Waals surface area contributed by atoms with E-state index in [0.29, 0.717) is 22.0 Å². The van der Waals surface area contributed by atoms with Crippen LogP contribution in [0.1, 0.15) is 27.2 Å². The molecule has 0 radical (unpaired) electrons. The van der Waals surface area contributed by atoms with Crippen LogP contribution < -0.4 is 9.72 Å². The van der Waals surface area contributed by atoms with E-state index in [0.717, 1.165) is 22.5 Å². The number of nitrogens with one attached hydrogen (secondary N) is 1. The van der Waals surface area contributed by atoms with Crippen molar-refractivity contribution in [1.82, 2.24) is 4.57 Å². The van der Waals surface area contributed by atoms with Gasteiger partial charge < -0.3 is 17.9 Å². The van der Waals surface area contributed by atoms with E-state index in [-0.39, 0.29) is 11.7 Å². The quantitative estimate of drug-likeness (QED) is 0.404. The second-order valence-electron chi connectivity index (χ2n) is 7.13. The summed E-state index contributed by atoms with van der Waals surface area (Å²) in [7, 11) is 0. The van der Waals surface area contributed by atoms with Crippen LogP contribution >= 0.6 is 0 Å². The van der Waals surface area contributed by atoms with Gasteiger partial charge in [0.2, 0.25) is 5.69 Å². The molecule has 0 saturated heterocycles. The summed E-state index contributed by atoms with van der Waals surface area (Å²) < 4.78 is 17.6. The molecule has 4 rings (SSSR count). The second-order valence-corrected chi connectivity index (χ2v) is 7.51. The van der Waals surface area contributed by atoms with Crippen molar-refractivity contribution in [3.63, 3.8) is 0 Å². The van der Waals surface area contributed by atoms with Crippen LogP contribution in [0.2, 0.25) is 0 Å². The number of aryl methyl sites for hydroxylation is 3. The summed E-state index contributed by atoms with van der Waals surface area (Å²) in [6, 6.07) is 16.4. The van der Waals surface area contributed by atoms with Gasteiger partial charge in [-0.3, -0.25) is 4.79 Å². The molecule has 0 aliphatic carbocycles. The number of nitrogens with zero attached hydrogens (tertiary/aromatic N) is 2. The fourth-order valence-corrected chi connectivity index (χ4v) is 3.76. The molecule has 4 aromatic rings. The summed E-state index contributed by atoms with van der Waals surface area (Å²) >= 11 is 5.72. The average Bonchev–Trinajstić information content (AvgIpc) is 2.98. The number of amides is 1. The van der Waals surface area contributed by atoms with E-state index in [1.807, 2.05) is 48.7 Å². The zero-order chi connectivity index (χ0) is 20.7. The third-order valence-electron chi connectivity index (χ3n) is 4.96. The Morgan fingerprint density at radius 3 is 2.55 bits per heavy atom. The van der Waals surface area contributed by atoms with Crippen LogP contribution in [0.15, 0.2) is 65.8 Å². The van der Waals surface area contributed by atoms with Gasteiger partial charge in [0.15, 0.2) is 0 Å². The van der Waals surface area contributed by atoms with Crippen LogP contribution in [0.25, 0.3) is 11.3 Å². The smallest absolute Gasteiger partial charge is 0.298 e. The highest BCUT2D eigenvalue weighted by Gasteiger charge is 2.26. The Hall–Kier alpha value is -3.25. The van der Waals surface area contributed by atoms with Crippen molar-refractivity contribution in [2.24, 2.45) is 0 Å². The van der Waals surface area contributed by atoms with Crippen molar-refractivity contribution in [1.29, 1.82) is 0 Å². The van der Waals surface area contributed by atoms with Crippen molar-refractivity contribution in [2.45, 2.75) is 25.8 Å². The van der Waals surface area contributed by atoms with Gasteiger partial charge in [-0.1, -0.05) is 24.3 Å². The van der Waals surface area contributed by atoms with Crippen LogP contribution in [0.5, 0.6) is 0 Å². The molecule has 0 atom stereocenters. The van der Waals surface area contributed by atoms with Gasteiger partial charge in [-0.15, -0.1) is 0 Å². The summed E-state index contributed by atoms with van der Waals surface area (Å²) in [6.07, 6.45) is 1.80. The lowest BCUT2D eigenvalue weighted by atomic mass is 10.1. The first-order valence-electron chi connectivity index (χ1n) is 9.24. The topological polar surface area (TPSA) is 38.1 Å². The molecule has 1 N–H and O–H groups in total. The molecule has 4 nitrogen and oxygen atoms in total. The number of carbonyl (C=O) groups is 1. The van der Waals surface area contributed by atoms with Crippen LogP contribution in [-0.4, -0.2) is 10.5 Å². The number of imidazole rings is 1. The largest absolute Gasteiger partial charge is 0.732 e. The zero-order valence-electron chi connectivity index (χ0n) is 16.4. The van der Waals surface area contributed by atoms with E-state index in [2.05, 4.69) is 11.4 Å². The molecule has 2 aromatic heterocycles. The highest BCUT2D eigenvalue weighted by molar-refractivity contribution is 7.58. The maximum atomic E-state index is 13.9. The number of rotatable bonds is 3. The van der Waals surface area contributed by atoms with E-state index in [1.165, 1.54) is 6.07 Å². The number of hydrogen-bond acceptors (Lipinski definition) is 2. The molecule has 6 heteroatoms. The highest BCUT2D eigenvalue weighted by Crippen LogP contribution is 2.23. The number of fused-ring (bicyclic) bond motifs is 1. The van der Waals surface area contributed by atoms with Crippen molar-refractivity contribution >= 4 is 29.9 Å². The predicted molar refractivity (Wildman–Crippen MR) is 113 cm³/mol. The van der Waals surface area contributed by atoms with Crippen molar-refractivity contribution in [2.75, 3.05) is 5.32 Å². The van der Waals surface area contributed by atoms with Gasteiger partial charge in [0, 0.05) is 16.8 Å². The van der Waals surface area contributed by atoms with Gasteiger partial charge in [-0.2, -0.15) is 4.40 Å². The monoisotopic (exact) mass is 405 g/mol. The van der Waals surface area contributed by atoms with Crippen LogP contribution in [0, 0.1) is 26.6 Å². The summed E-state index contributed by atoms with van der Waals surface area (Å²) in [5, 5.41) is 3.17. The van der Waals surface area contributed by atoms with E-state index in [9.17, 15) is 9.18 Å². The van der Waals surface area contributed by atoms with Crippen LogP contribution in [0.3, 0.4) is 0 Å². The number of carbonyl (C=O) groups excluding carboxylic acids is 1. The van der Waals surface area contributed by atoms with Crippen LogP contribution in [-0.2, 0) is 12.6 Å². The number of pyridine rings is 1. The lowest BCUT2D eigenvalue weighted by Crippen LogP contribution is -2.30. The fraction of sp³-hybridized carbons (Fsp3) is 0.130. The van der Waals surface area contributed by atoms with E-state index < -0.39 is 0 Å². The number of benzene rings is 2. The fourth-order valence-electron chi connectivity index (χ4n) is 3.38. The Kier molecular flexibility index (Phi) is 4.80. The molecule has 0 aliphatic rings. The minimum absolute atomic E-state index is 0.331. The van der Waals surface area contributed by atoms with Gasteiger partial charge in [-0.25, -0.2) is 8.96 Å². The van der Waals surface area contributed by atoms with Gasteiger partial charge in [0.1, 0.15) is 11.5 Å². The SMILES string of the molecule is Cc1ccc(C)c(-n2c([S-])c(C(=O)Nc3ccc(C)c(F)c3)[n+]3ccccc23)c1. The minimum Gasteiger partial charge on any atom is -0.732 e. The highest BCUT2D eigenvalue weighted by atomic mass is 32.1. The molecule has 29 heavy (non-hydrogen) atoms. The third kappa shape index (κ3) is 3.36. The first-order valence-corrected chi connectivity index (χ1v) is 9.65. The van der Waals surface area contributed by atoms with E-state index in [4.69, 9.17) is 12.6 Å². The minimum atomic E-state index is -0.386. The number of anilines is 1. The molecule has 146 valence electrons. The van der Waals surface area contributed by atoms with Crippen LogP contribution in [0.4, 0.5) is 10.1 Å². The molecule has 0 spiro atoms. The lowest BCUT2D eigenvalue weighted by Gasteiger charge is -2.10. The average molecular weight is 405 g/mol. The number of aromatic nitrogens is 2. The number of hydrogen-bond donors (Lipinski definition) is 1. The van der Waals surface area contributed by atoms with Gasteiger partial charge in [-0.05, 0) is 61.7 Å². The van der Waals surface area contributed by atoms with E-state index >= 15 is 0 Å². The lowest BCUT2D eigenvalue weighted by molar-refractivity contribution is -0.514. The molecule has 0 saturated carbocycles. The van der Waals surface area contributed by atoms with Gasteiger partial charge in [0.25, 0.3) is 11.6 Å². The molecule has 2 heterocycles. The molecule has 2 aromatic carbocycles. The zero-order valence-corrected chi connectivity index (χ0v) is 17.2. The maximum Gasteiger partial charge on any atom is 0.298 e. The summed E-state index contributed by atoms with van der Waals surface area (Å²) in [5.74, 6) is -0.754. The Bertz CT molecular complexity index is 1260. The van der Waals surface area contributed by atoms with Crippen molar-refractivity contribution < 1.29 is 13.6 Å². The molecular weight excluding hydrogens is 385 g/mol. The van der Waals surface area contributed by atoms with Gasteiger partial charge in [0.05, 0.1) is 6.20 Å². The third-order valence-corrected chi connectivity index (χ3v) is 5.34. The standard InChI is InChI=1S/C23H20FN3OS/c1-14-7-8-16(3)19(12-14)27-20-6-4-5-11-26(20)21(23(27)29)22(28)25-17-10-9-15(2)18(24)13-17/h4-13H,1-3H3,(H-,25,28,29). The van der Waals surface area contributed by atoms with Crippen molar-refractivity contribution in [3.05, 3.63) is 89.0 Å². The number of halogens is 1. The van der Waals surface area contributed by atoms with E-state index in [1.54, 1.807) is 29.7 Å². The Morgan fingerprint density at radius 1 is 1.03 bits per heavy atom. The molecule has 0 unspecified atom stereocenters. The van der Waals surface area contributed by atoms with Gasteiger partial charge >= 0.3 is 0 Å². The molecular formula is C23H20FN3OS. The Morgan fingerprint density at radius 2 is 1.79 bits per heavy atom. The van der Waals surface area contributed by atoms with Crippen molar-refractivity contribution in [3.8, 4) is 5.69 Å². The molecule has 1 amide bonds. The molecule has 0 aliphatic heterocycles. The molecule has 0 fully saturated rings. The maximum absolute atomic E-state index is 13.9. The summed E-state index contributed by atoms with van der Waals surface area (Å²) in [4.78, 5) is 13.1. The Balaban J connectivity index is 1.87.